The Morgan fingerprint density at radius 3 is 2.00 bits per heavy atom. The highest BCUT2D eigenvalue weighted by molar-refractivity contribution is 5.69. The number of carbonyl (C=O) groups is 1. The molecule has 94 valence electrons. The number of esters is 1. The molecule has 1 aliphatic rings. The molecular weight excluding hydrogens is 200 g/mol. The van der Waals surface area contributed by atoms with Crippen LogP contribution in [0.15, 0.2) is 0 Å². The largest absolute Gasteiger partial charge is 0.469 e. The molecule has 1 unspecified atom stereocenters. The Morgan fingerprint density at radius 2 is 1.69 bits per heavy atom. The molecule has 0 aromatic carbocycles. The molecule has 16 heavy (non-hydrogen) atoms. The molecule has 0 aromatic rings. The first-order valence-corrected chi connectivity index (χ1v) is 6.13. The Bertz CT molecular complexity index is 287. The average Bonchev–Trinajstić information content (AvgIpc) is 2.25. The van der Waals surface area contributed by atoms with Gasteiger partial charge in [0.15, 0.2) is 0 Å². The van der Waals surface area contributed by atoms with Gasteiger partial charge in [-0.1, -0.05) is 41.5 Å². The van der Waals surface area contributed by atoms with Gasteiger partial charge >= 0.3 is 5.97 Å². The lowest BCUT2D eigenvalue weighted by Gasteiger charge is -2.45. The van der Waals surface area contributed by atoms with Gasteiger partial charge in [0.1, 0.15) is 0 Å². The SMILES string of the molecule is COC(=O)CC1CC(C)(C)C(C)(C)C1(C)C. The zero-order valence-electron chi connectivity index (χ0n) is 11.8. The summed E-state index contributed by atoms with van der Waals surface area (Å²) in [6.07, 6.45) is 1.65. The summed E-state index contributed by atoms with van der Waals surface area (Å²) in [6.45, 7) is 13.8. The second-order valence-corrected chi connectivity index (χ2v) is 6.91. The van der Waals surface area contributed by atoms with E-state index >= 15 is 0 Å². The highest BCUT2D eigenvalue weighted by Gasteiger charge is 2.58. The van der Waals surface area contributed by atoms with Crippen LogP contribution in [0, 0.1) is 22.2 Å². The summed E-state index contributed by atoms with van der Waals surface area (Å²) in [6, 6.07) is 0. The summed E-state index contributed by atoms with van der Waals surface area (Å²) < 4.78 is 4.80. The van der Waals surface area contributed by atoms with Gasteiger partial charge in [0.25, 0.3) is 0 Å². The average molecular weight is 226 g/mol. The molecule has 0 aromatic heterocycles. The number of ether oxygens (including phenoxy) is 1. The molecule has 0 spiro atoms. The van der Waals surface area contributed by atoms with Crippen molar-refractivity contribution in [1.29, 1.82) is 0 Å². The summed E-state index contributed by atoms with van der Waals surface area (Å²) in [5, 5.41) is 0. The molecule has 1 fully saturated rings. The number of hydrogen-bond acceptors (Lipinski definition) is 2. The van der Waals surface area contributed by atoms with Crippen LogP contribution >= 0.6 is 0 Å². The standard InChI is InChI=1S/C14H26O2/c1-12(2)9-10(8-11(15)16-7)13(3,4)14(12,5)6/h10H,8-9H2,1-7H3. The second kappa shape index (κ2) is 3.75. The maximum atomic E-state index is 11.5. The van der Waals surface area contributed by atoms with Crippen LogP contribution in [0.4, 0.5) is 0 Å². The van der Waals surface area contributed by atoms with Gasteiger partial charge in [-0.2, -0.15) is 0 Å². The van der Waals surface area contributed by atoms with E-state index < -0.39 is 0 Å². The van der Waals surface area contributed by atoms with Gasteiger partial charge in [0.2, 0.25) is 0 Å². The summed E-state index contributed by atoms with van der Waals surface area (Å²) in [5.41, 5.74) is 0.679. The minimum absolute atomic E-state index is 0.0772. The van der Waals surface area contributed by atoms with Gasteiger partial charge in [0, 0.05) is 6.42 Å². The Kier molecular flexibility index (Phi) is 3.17. The Balaban J connectivity index is 2.96. The molecular formula is C14H26O2. The summed E-state index contributed by atoms with van der Waals surface area (Å²) in [4.78, 5) is 11.5. The number of hydrogen-bond donors (Lipinski definition) is 0. The smallest absolute Gasteiger partial charge is 0.305 e. The van der Waals surface area contributed by atoms with Crippen molar-refractivity contribution in [3.63, 3.8) is 0 Å². The van der Waals surface area contributed by atoms with E-state index in [0.717, 1.165) is 6.42 Å². The van der Waals surface area contributed by atoms with Crippen LogP contribution in [0.3, 0.4) is 0 Å². The molecule has 0 bridgehead atoms. The Hall–Kier alpha value is -0.530. The number of methoxy groups -OCH3 is 1. The molecule has 0 heterocycles. The van der Waals surface area contributed by atoms with Crippen LogP contribution in [0.1, 0.15) is 54.4 Å². The van der Waals surface area contributed by atoms with Crippen molar-refractivity contribution in [3.05, 3.63) is 0 Å². The molecule has 0 radical (unpaired) electrons. The van der Waals surface area contributed by atoms with E-state index in [9.17, 15) is 4.79 Å². The minimum atomic E-state index is -0.0772. The molecule has 2 heteroatoms. The highest BCUT2D eigenvalue weighted by Crippen LogP contribution is 2.65. The predicted molar refractivity (Wildman–Crippen MR) is 66.1 cm³/mol. The van der Waals surface area contributed by atoms with Crippen molar-refractivity contribution < 1.29 is 9.53 Å². The molecule has 2 nitrogen and oxygen atoms in total. The second-order valence-electron chi connectivity index (χ2n) is 6.91. The predicted octanol–water partition coefficient (Wildman–Crippen LogP) is 3.65. The third-order valence-electron chi connectivity index (χ3n) is 5.72. The molecule has 0 amide bonds. The number of carbonyl (C=O) groups excluding carboxylic acids is 1. The van der Waals surface area contributed by atoms with E-state index in [1.807, 2.05) is 0 Å². The molecule has 0 aliphatic heterocycles. The molecule has 1 saturated carbocycles. The maximum Gasteiger partial charge on any atom is 0.305 e. The summed E-state index contributed by atoms with van der Waals surface area (Å²) in [7, 11) is 1.47. The van der Waals surface area contributed by atoms with E-state index in [1.165, 1.54) is 7.11 Å². The zero-order valence-corrected chi connectivity index (χ0v) is 11.8. The first-order valence-electron chi connectivity index (χ1n) is 6.13. The Morgan fingerprint density at radius 1 is 1.19 bits per heavy atom. The first kappa shape index (κ1) is 13.5. The van der Waals surface area contributed by atoms with Crippen LogP contribution in [0.2, 0.25) is 0 Å². The summed E-state index contributed by atoms with van der Waals surface area (Å²) >= 11 is 0. The van der Waals surface area contributed by atoms with Crippen molar-refractivity contribution in [2.75, 3.05) is 7.11 Å². The van der Waals surface area contributed by atoms with E-state index in [4.69, 9.17) is 4.74 Å². The quantitative estimate of drug-likeness (QED) is 0.672. The lowest BCUT2D eigenvalue weighted by Crippen LogP contribution is -2.38. The lowest BCUT2D eigenvalue weighted by atomic mass is 9.60. The van der Waals surface area contributed by atoms with Crippen molar-refractivity contribution in [1.82, 2.24) is 0 Å². The van der Waals surface area contributed by atoms with E-state index in [1.54, 1.807) is 0 Å². The molecule has 0 saturated heterocycles. The highest BCUT2D eigenvalue weighted by atomic mass is 16.5. The maximum absolute atomic E-state index is 11.5. The lowest BCUT2D eigenvalue weighted by molar-refractivity contribution is -0.142. The third kappa shape index (κ3) is 1.76. The fourth-order valence-corrected chi connectivity index (χ4v) is 3.12. The number of rotatable bonds is 2. The van der Waals surface area contributed by atoms with Gasteiger partial charge in [-0.05, 0) is 28.6 Å². The fourth-order valence-electron chi connectivity index (χ4n) is 3.12. The molecule has 0 N–H and O–H groups in total. The monoisotopic (exact) mass is 226 g/mol. The van der Waals surface area contributed by atoms with Crippen LogP contribution < -0.4 is 0 Å². The third-order valence-corrected chi connectivity index (χ3v) is 5.72. The van der Waals surface area contributed by atoms with Crippen molar-refractivity contribution >= 4 is 5.97 Å². The van der Waals surface area contributed by atoms with Gasteiger partial charge in [-0.3, -0.25) is 4.79 Å². The van der Waals surface area contributed by atoms with Crippen molar-refractivity contribution in [3.8, 4) is 0 Å². The van der Waals surface area contributed by atoms with Crippen LogP contribution in [-0.2, 0) is 9.53 Å². The Labute approximate surface area is 99.8 Å². The minimum Gasteiger partial charge on any atom is -0.469 e. The molecule has 1 aliphatic carbocycles. The molecule has 1 atom stereocenters. The zero-order chi connectivity index (χ0) is 12.8. The van der Waals surface area contributed by atoms with E-state index in [0.29, 0.717) is 12.3 Å². The van der Waals surface area contributed by atoms with Gasteiger partial charge in [0.05, 0.1) is 7.11 Å². The van der Waals surface area contributed by atoms with Gasteiger partial charge < -0.3 is 4.74 Å². The fraction of sp³-hybridized carbons (Fsp3) is 0.929. The summed E-state index contributed by atoms with van der Waals surface area (Å²) in [5.74, 6) is 0.344. The van der Waals surface area contributed by atoms with E-state index in [-0.39, 0.29) is 22.2 Å². The van der Waals surface area contributed by atoms with Crippen LogP contribution in [-0.4, -0.2) is 13.1 Å². The first-order chi connectivity index (χ1) is 7.06. The normalized spacial score (nSPS) is 30.1. The topological polar surface area (TPSA) is 26.3 Å². The molecule has 1 rings (SSSR count). The van der Waals surface area contributed by atoms with Crippen LogP contribution in [0.5, 0.6) is 0 Å². The van der Waals surface area contributed by atoms with Gasteiger partial charge in [-0.15, -0.1) is 0 Å². The van der Waals surface area contributed by atoms with Crippen molar-refractivity contribution in [2.24, 2.45) is 22.2 Å². The van der Waals surface area contributed by atoms with E-state index in [2.05, 4.69) is 41.5 Å². The van der Waals surface area contributed by atoms with Gasteiger partial charge in [-0.25, -0.2) is 0 Å². The van der Waals surface area contributed by atoms with Crippen molar-refractivity contribution in [2.45, 2.75) is 54.4 Å². The van der Waals surface area contributed by atoms with Crippen LogP contribution in [0.25, 0.3) is 0 Å².